The molecule has 7 nitrogen and oxygen atoms in total. The number of ether oxygens (including phenoxy) is 2. The molecule has 0 amide bonds. The van der Waals surface area contributed by atoms with Crippen LogP contribution in [0.15, 0.2) is 59.9 Å². The number of carbonyl (C=O) groups excluding carboxylic acids is 1. The van der Waals surface area contributed by atoms with E-state index < -0.39 is 5.97 Å². The molecule has 0 fully saturated rings. The Morgan fingerprint density at radius 2 is 2.13 bits per heavy atom. The van der Waals surface area contributed by atoms with Gasteiger partial charge in [-0.25, -0.2) is 9.78 Å². The van der Waals surface area contributed by atoms with E-state index in [0.717, 1.165) is 22.9 Å². The predicted molar refractivity (Wildman–Crippen MR) is 113 cm³/mol. The molecule has 0 spiro atoms. The summed E-state index contributed by atoms with van der Waals surface area (Å²) in [5, 5.41) is 0.651. The van der Waals surface area contributed by atoms with E-state index in [1.54, 1.807) is 24.4 Å². The predicted octanol–water partition coefficient (Wildman–Crippen LogP) is 3.51. The molecule has 0 aliphatic carbocycles. The van der Waals surface area contributed by atoms with Crippen LogP contribution in [0.5, 0.6) is 5.75 Å². The van der Waals surface area contributed by atoms with Crippen LogP contribution in [-0.4, -0.2) is 53.1 Å². The number of hydrogen-bond acceptors (Lipinski definition) is 6. The zero-order valence-corrected chi connectivity index (χ0v) is 17.0. The van der Waals surface area contributed by atoms with E-state index in [0.29, 0.717) is 36.0 Å². The Bertz CT molecular complexity index is 1160. The quantitative estimate of drug-likeness (QED) is 0.604. The summed E-state index contributed by atoms with van der Waals surface area (Å²) in [5.74, 6) is 1.93. The Balaban J connectivity index is 1.57. The molecule has 0 N–H and O–H groups in total. The second-order valence-electron chi connectivity index (χ2n) is 7.07. The van der Waals surface area contributed by atoms with Gasteiger partial charge in [0.25, 0.3) is 0 Å². The lowest BCUT2D eigenvalue weighted by atomic mass is 10.1. The number of halogens is 1. The van der Waals surface area contributed by atoms with Gasteiger partial charge in [-0.3, -0.25) is 4.99 Å². The lowest BCUT2D eigenvalue weighted by Crippen LogP contribution is -2.30. The molecule has 30 heavy (non-hydrogen) atoms. The largest absolute Gasteiger partial charge is 0.491 e. The van der Waals surface area contributed by atoms with Crippen LogP contribution >= 0.6 is 11.6 Å². The number of rotatable bonds is 3. The lowest BCUT2D eigenvalue weighted by molar-refractivity contribution is 0.0600. The highest BCUT2D eigenvalue weighted by atomic mass is 35.5. The first-order valence-electron chi connectivity index (χ1n) is 9.62. The monoisotopic (exact) mass is 422 g/mol. The van der Waals surface area contributed by atoms with E-state index >= 15 is 0 Å². The standard InChI is InChI=1S/C22H19ClN4O3/c1-29-22(28)14-6-7-19-15(12-14)20-25-17(13-26(20)10-11-30-19)21-24-8-9-27(21)18-5-3-2-4-16(18)23/h2-9,12,17H,10-11,13H2,1H3. The zero-order valence-electron chi connectivity index (χ0n) is 16.3. The van der Waals surface area contributed by atoms with Gasteiger partial charge in [0.05, 0.1) is 35.5 Å². The van der Waals surface area contributed by atoms with Crippen molar-refractivity contribution in [1.82, 2.24) is 14.5 Å². The molecule has 0 saturated carbocycles. The highest BCUT2D eigenvalue weighted by Gasteiger charge is 2.33. The van der Waals surface area contributed by atoms with Crippen molar-refractivity contribution in [2.24, 2.45) is 4.99 Å². The summed E-state index contributed by atoms with van der Waals surface area (Å²) >= 11 is 6.41. The minimum absolute atomic E-state index is 0.168. The lowest BCUT2D eigenvalue weighted by Gasteiger charge is -2.18. The van der Waals surface area contributed by atoms with Crippen LogP contribution in [-0.2, 0) is 4.74 Å². The topological polar surface area (TPSA) is 69.0 Å². The van der Waals surface area contributed by atoms with Crippen LogP contribution in [0.25, 0.3) is 5.69 Å². The van der Waals surface area contributed by atoms with Gasteiger partial charge in [-0.2, -0.15) is 0 Å². The second kappa shape index (κ2) is 7.50. The molecule has 1 atom stereocenters. The van der Waals surface area contributed by atoms with Crippen LogP contribution < -0.4 is 4.74 Å². The number of nitrogens with zero attached hydrogens (tertiary/aromatic N) is 4. The van der Waals surface area contributed by atoms with Crippen LogP contribution in [0, 0.1) is 0 Å². The summed E-state index contributed by atoms with van der Waals surface area (Å²) in [7, 11) is 1.37. The first-order valence-corrected chi connectivity index (χ1v) is 10.00. The number of esters is 1. The van der Waals surface area contributed by atoms with Crippen LogP contribution in [0.3, 0.4) is 0 Å². The SMILES string of the molecule is COC(=O)c1ccc2c(c1)C1=NC(c3nccn3-c3ccccc3Cl)CN1CCO2. The number of para-hydroxylation sites is 1. The van der Waals surface area contributed by atoms with E-state index in [1.165, 1.54) is 7.11 Å². The number of aromatic nitrogens is 2. The molecule has 1 unspecified atom stereocenters. The molecule has 0 bridgehead atoms. The highest BCUT2D eigenvalue weighted by Crippen LogP contribution is 2.34. The molecule has 152 valence electrons. The number of amidine groups is 1. The number of imidazole rings is 1. The molecule has 0 saturated heterocycles. The van der Waals surface area contributed by atoms with E-state index in [9.17, 15) is 4.79 Å². The van der Waals surface area contributed by atoms with E-state index in [4.69, 9.17) is 26.1 Å². The minimum atomic E-state index is -0.391. The zero-order chi connectivity index (χ0) is 20.7. The Hall–Kier alpha value is -3.32. The van der Waals surface area contributed by atoms with E-state index in [-0.39, 0.29) is 6.04 Å². The van der Waals surface area contributed by atoms with Crippen molar-refractivity contribution >= 4 is 23.4 Å². The number of fused-ring (bicyclic) bond motifs is 3. The molecule has 2 aliphatic rings. The molecular formula is C22H19ClN4O3. The van der Waals surface area contributed by atoms with Crippen molar-refractivity contribution in [3.8, 4) is 11.4 Å². The van der Waals surface area contributed by atoms with Crippen LogP contribution in [0.2, 0.25) is 5.02 Å². The maximum Gasteiger partial charge on any atom is 0.337 e. The van der Waals surface area contributed by atoms with Crippen LogP contribution in [0.4, 0.5) is 0 Å². The fraction of sp³-hybridized carbons (Fsp3) is 0.227. The first-order chi connectivity index (χ1) is 14.7. The third kappa shape index (κ3) is 3.11. The minimum Gasteiger partial charge on any atom is -0.491 e. The smallest absolute Gasteiger partial charge is 0.337 e. The molecule has 1 aromatic heterocycles. The molecule has 2 aliphatic heterocycles. The maximum atomic E-state index is 12.0. The fourth-order valence-electron chi connectivity index (χ4n) is 3.90. The third-order valence-corrected chi connectivity index (χ3v) is 5.63. The number of aliphatic imine (C=N–C) groups is 1. The fourth-order valence-corrected chi connectivity index (χ4v) is 4.12. The Kier molecular flexibility index (Phi) is 4.67. The number of methoxy groups -OCH3 is 1. The van der Waals surface area contributed by atoms with E-state index in [1.807, 2.05) is 35.0 Å². The molecular weight excluding hydrogens is 404 g/mol. The van der Waals surface area contributed by atoms with Gasteiger partial charge in [0.15, 0.2) is 0 Å². The molecule has 8 heteroatoms. The molecule has 5 rings (SSSR count). The molecule has 3 aromatic rings. The van der Waals surface area contributed by atoms with Crippen molar-refractivity contribution in [2.45, 2.75) is 6.04 Å². The summed E-state index contributed by atoms with van der Waals surface area (Å²) in [4.78, 5) is 23.7. The maximum absolute atomic E-state index is 12.0. The van der Waals surface area contributed by atoms with Gasteiger partial charge in [-0.05, 0) is 30.3 Å². The Labute approximate surface area is 178 Å². The van der Waals surface area contributed by atoms with Crippen molar-refractivity contribution in [2.75, 3.05) is 26.8 Å². The van der Waals surface area contributed by atoms with Gasteiger partial charge >= 0.3 is 5.97 Å². The Morgan fingerprint density at radius 1 is 1.27 bits per heavy atom. The summed E-state index contributed by atoms with van der Waals surface area (Å²) in [5.41, 5.74) is 2.12. The summed E-state index contributed by atoms with van der Waals surface area (Å²) in [6, 6.07) is 12.8. The van der Waals surface area contributed by atoms with Gasteiger partial charge in [-0.1, -0.05) is 23.7 Å². The van der Waals surface area contributed by atoms with E-state index in [2.05, 4.69) is 9.88 Å². The highest BCUT2D eigenvalue weighted by molar-refractivity contribution is 6.32. The second-order valence-corrected chi connectivity index (χ2v) is 7.48. The summed E-state index contributed by atoms with van der Waals surface area (Å²) < 4.78 is 12.7. The summed E-state index contributed by atoms with van der Waals surface area (Å²) in [6.45, 7) is 1.90. The summed E-state index contributed by atoms with van der Waals surface area (Å²) in [6.07, 6.45) is 3.65. The van der Waals surface area contributed by atoms with Gasteiger partial charge in [0.2, 0.25) is 0 Å². The van der Waals surface area contributed by atoms with Crippen molar-refractivity contribution in [3.63, 3.8) is 0 Å². The molecule has 3 heterocycles. The number of carbonyl (C=O) groups is 1. The molecule has 2 aromatic carbocycles. The van der Waals surface area contributed by atoms with Crippen molar-refractivity contribution in [1.29, 1.82) is 0 Å². The third-order valence-electron chi connectivity index (χ3n) is 5.31. The van der Waals surface area contributed by atoms with Crippen LogP contribution in [0.1, 0.15) is 27.8 Å². The average molecular weight is 423 g/mol. The molecule has 0 radical (unpaired) electrons. The number of benzene rings is 2. The Morgan fingerprint density at radius 3 is 2.97 bits per heavy atom. The van der Waals surface area contributed by atoms with Gasteiger partial charge in [0, 0.05) is 18.9 Å². The normalized spacial score (nSPS) is 17.5. The van der Waals surface area contributed by atoms with Gasteiger partial charge in [-0.15, -0.1) is 0 Å². The van der Waals surface area contributed by atoms with Gasteiger partial charge in [0.1, 0.15) is 30.1 Å². The first kappa shape index (κ1) is 18.7. The van der Waals surface area contributed by atoms with Crippen molar-refractivity contribution < 1.29 is 14.3 Å². The number of hydrogen-bond donors (Lipinski definition) is 0. The average Bonchev–Trinajstić information content (AvgIpc) is 3.37. The van der Waals surface area contributed by atoms with Gasteiger partial charge < -0.3 is 18.9 Å². The van der Waals surface area contributed by atoms with Crippen molar-refractivity contribution in [3.05, 3.63) is 76.8 Å².